The summed E-state index contributed by atoms with van der Waals surface area (Å²) in [4.78, 5) is 10.1. The highest BCUT2D eigenvalue weighted by molar-refractivity contribution is 5.70. The van der Waals surface area contributed by atoms with Gasteiger partial charge in [0.15, 0.2) is 0 Å². The van der Waals surface area contributed by atoms with Gasteiger partial charge in [-0.05, 0) is 25.1 Å². The molecule has 2 aromatic carbocycles. The van der Waals surface area contributed by atoms with Gasteiger partial charge in [0.05, 0.1) is 16.2 Å². The first kappa shape index (κ1) is 13.5. The SMILES string of the molecule is Cc1c(F)cccc1Nc1ccc([N+](=O)[O-])cc1C#N. The molecule has 0 saturated heterocycles. The Morgan fingerprint density at radius 2 is 2.05 bits per heavy atom. The predicted octanol–water partition coefficient (Wildman–Crippen LogP) is 3.66. The highest BCUT2D eigenvalue weighted by atomic mass is 19.1. The average Bonchev–Trinajstić information content (AvgIpc) is 2.44. The summed E-state index contributed by atoms with van der Waals surface area (Å²) in [6.07, 6.45) is 0. The molecule has 2 aromatic rings. The van der Waals surface area contributed by atoms with Gasteiger partial charge >= 0.3 is 0 Å². The van der Waals surface area contributed by atoms with Crippen LogP contribution in [0.5, 0.6) is 0 Å². The van der Waals surface area contributed by atoms with E-state index in [0.717, 1.165) is 0 Å². The number of nitro benzene ring substituents is 1. The second kappa shape index (κ2) is 5.36. The van der Waals surface area contributed by atoms with Crippen molar-refractivity contribution in [3.63, 3.8) is 0 Å². The van der Waals surface area contributed by atoms with Crippen LogP contribution in [-0.2, 0) is 0 Å². The van der Waals surface area contributed by atoms with E-state index in [1.54, 1.807) is 19.1 Å². The minimum atomic E-state index is -0.571. The molecule has 0 aliphatic carbocycles. The monoisotopic (exact) mass is 271 g/mol. The summed E-state index contributed by atoms with van der Waals surface area (Å²) in [7, 11) is 0. The second-order valence-corrected chi connectivity index (χ2v) is 4.14. The van der Waals surface area contributed by atoms with E-state index in [2.05, 4.69) is 5.32 Å². The molecule has 0 radical (unpaired) electrons. The molecule has 0 fully saturated rings. The summed E-state index contributed by atoms with van der Waals surface area (Å²) in [6, 6.07) is 10.3. The number of benzene rings is 2. The molecule has 0 aliphatic rings. The Bertz CT molecular complexity index is 723. The Hall–Kier alpha value is -2.94. The molecule has 100 valence electrons. The smallest absolute Gasteiger partial charge is 0.270 e. The van der Waals surface area contributed by atoms with E-state index in [-0.39, 0.29) is 17.1 Å². The third-order valence-electron chi connectivity index (χ3n) is 2.87. The predicted molar refractivity (Wildman–Crippen MR) is 72.2 cm³/mol. The quantitative estimate of drug-likeness (QED) is 0.682. The Labute approximate surface area is 114 Å². The Balaban J connectivity index is 2.42. The van der Waals surface area contributed by atoms with Crippen molar-refractivity contribution < 1.29 is 9.31 Å². The van der Waals surface area contributed by atoms with Gasteiger partial charge < -0.3 is 5.32 Å². The van der Waals surface area contributed by atoms with E-state index in [9.17, 15) is 14.5 Å². The minimum Gasteiger partial charge on any atom is -0.354 e. The van der Waals surface area contributed by atoms with Gasteiger partial charge in [-0.15, -0.1) is 0 Å². The van der Waals surface area contributed by atoms with Crippen molar-refractivity contribution in [3.05, 3.63) is 63.5 Å². The van der Waals surface area contributed by atoms with Crippen molar-refractivity contribution in [3.8, 4) is 6.07 Å². The van der Waals surface area contributed by atoms with Crippen LogP contribution in [0.25, 0.3) is 0 Å². The zero-order chi connectivity index (χ0) is 14.7. The summed E-state index contributed by atoms with van der Waals surface area (Å²) in [6.45, 7) is 1.61. The molecule has 0 atom stereocenters. The first-order chi connectivity index (χ1) is 9.52. The first-order valence-corrected chi connectivity index (χ1v) is 5.73. The molecule has 0 bridgehead atoms. The van der Waals surface area contributed by atoms with Crippen LogP contribution >= 0.6 is 0 Å². The summed E-state index contributed by atoms with van der Waals surface area (Å²) in [5, 5.41) is 22.6. The molecule has 2 rings (SSSR count). The Morgan fingerprint density at radius 3 is 2.70 bits per heavy atom. The lowest BCUT2D eigenvalue weighted by atomic mass is 10.1. The third-order valence-corrected chi connectivity index (χ3v) is 2.87. The van der Waals surface area contributed by atoms with E-state index >= 15 is 0 Å². The van der Waals surface area contributed by atoms with Crippen LogP contribution in [0.15, 0.2) is 36.4 Å². The number of rotatable bonds is 3. The fourth-order valence-corrected chi connectivity index (χ4v) is 1.74. The summed E-state index contributed by atoms with van der Waals surface area (Å²) >= 11 is 0. The van der Waals surface area contributed by atoms with E-state index < -0.39 is 4.92 Å². The van der Waals surface area contributed by atoms with Gasteiger partial charge in [0, 0.05) is 23.4 Å². The maximum absolute atomic E-state index is 13.4. The van der Waals surface area contributed by atoms with Gasteiger partial charge in [0.1, 0.15) is 11.9 Å². The van der Waals surface area contributed by atoms with Crippen LogP contribution < -0.4 is 5.32 Å². The molecule has 0 unspecified atom stereocenters. The van der Waals surface area contributed by atoms with Crippen LogP contribution in [0.1, 0.15) is 11.1 Å². The molecule has 1 N–H and O–H groups in total. The number of nitro groups is 1. The molecule has 0 heterocycles. The molecule has 0 saturated carbocycles. The molecule has 20 heavy (non-hydrogen) atoms. The van der Waals surface area contributed by atoms with Gasteiger partial charge in [0.25, 0.3) is 5.69 Å². The fraction of sp³-hybridized carbons (Fsp3) is 0.0714. The van der Waals surface area contributed by atoms with E-state index in [4.69, 9.17) is 5.26 Å². The standard InChI is InChI=1S/C14H10FN3O2/c1-9-12(15)3-2-4-13(9)17-14-6-5-11(18(19)20)7-10(14)8-16/h2-7,17H,1H3. The minimum absolute atomic E-state index is 0.128. The molecule has 6 heteroatoms. The highest BCUT2D eigenvalue weighted by Crippen LogP contribution is 2.27. The maximum atomic E-state index is 13.4. The number of nitrogens with zero attached hydrogens (tertiary/aromatic N) is 2. The van der Waals surface area contributed by atoms with Crippen molar-refractivity contribution >= 4 is 17.1 Å². The van der Waals surface area contributed by atoms with Gasteiger partial charge in [0.2, 0.25) is 0 Å². The summed E-state index contributed by atoms with van der Waals surface area (Å²) in [5.41, 5.74) is 1.28. The van der Waals surface area contributed by atoms with Crippen LogP contribution in [0.4, 0.5) is 21.5 Å². The molecular weight excluding hydrogens is 261 g/mol. The van der Waals surface area contributed by atoms with Gasteiger partial charge in [-0.2, -0.15) is 5.26 Å². The van der Waals surface area contributed by atoms with E-state index in [0.29, 0.717) is 16.9 Å². The third kappa shape index (κ3) is 2.57. The first-order valence-electron chi connectivity index (χ1n) is 5.73. The van der Waals surface area contributed by atoms with Crippen LogP contribution in [0, 0.1) is 34.2 Å². The van der Waals surface area contributed by atoms with Crippen molar-refractivity contribution in [1.29, 1.82) is 5.26 Å². The van der Waals surface area contributed by atoms with Crippen LogP contribution in [-0.4, -0.2) is 4.92 Å². The molecule has 0 aromatic heterocycles. The van der Waals surface area contributed by atoms with Crippen LogP contribution in [0.2, 0.25) is 0 Å². The lowest BCUT2D eigenvalue weighted by Crippen LogP contribution is -1.98. The summed E-state index contributed by atoms with van der Waals surface area (Å²) < 4.78 is 13.4. The number of hydrogen-bond donors (Lipinski definition) is 1. The van der Waals surface area contributed by atoms with Gasteiger partial charge in [-0.1, -0.05) is 6.07 Å². The largest absolute Gasteiger partial charge is 0.354 e. The van der Waals surface area contributed by atoms with E-state index in [1.807, 2.05) is 6.07 Å². The number of hydrogen-bond acceptors (Lipinski definition) is 4. The lowest BCUT2D eigenvalue weighted by molar-refractivity contribution is -0.384. The van der Waals surface area contributed by atoms with Crippen LogP contribution in [0.3, 0.4) is 0 Å². The van der Waals surface area contributed by atoms with Crippen molar-refractivity contribution in [1.82, 2.24) is 0 Å². The molecule has 0 spiro atoms. The lowest BCUT2D eigenvalue weighted by Gasteiger charge is -2.11. The molecular formula is C14H10FN3O2. The number of nitriles is 1. The van der Waals surface area contributed by atoms with Gasteiger partial charge in [-0.3, -0.25) is 10.1 Å². The van der Waals surface area contributed by atoms with Crippen molar-refractivity contribution in [2.24, 2.45) is 0 Å². The van der Waals surface area contributed by atoms with Crippen molar-refractivity contribution in [2.45, 2.75) is 6.92 Å². The van der Waals surface area contributed by atoms with Crippen molar-refractivity contribution in [2.75, 3.05) is 5.32 Å². The highest BCUT2D eigenvalue weighted by Gasteiger charge is 2.12. The number of non-ortho nitro benzene ring substituents is 1. The summed E-state index contributed by atoms with van der Waals surface area (Å²) in [5.74, 6) is -0.365. The molecule has 5 nitrogen and oxygen atoms in total. The zero-order valence-corrected chi connectivity index (χ0v) is 10.6. The van der Waals surface area contributed by atoms with Gasteiger partial charge in [-0.25, -0.2) is 4.39 Å². The maximum Gasteiger partial charge on any atom is 0.270 e. The topological polar surface area (TPSA) is 79.0 Å². The fourth-order valence-electron chi connectivity index (χ4n) is 1.74. The number of nitrogens with one attached hydrogen (secondary N) is 1. The van der Waals surface area contributed by atoms with E-state index in [1.165, 1.54) is 24.3 Å². The number of halogens is 1. The molecule has 0 amide bonds. The Morgan fingerprint density at radius 1 is 1.30 bits per heavy atom. The second-order valence-electron chi connectivity index (χ2n) is 4.14. The normalized spacial score (nSPS) is 9.85. The zero-order valence-electron chi connectivity index (χ0n) is 10.6. The average molecular weight is 271 g/mol. The number of anilines is 2. The molecule has 0 aliphatic heterocycles. The Kier molecular flexibility index (Phi) is 3.62.